The minimum absolute atomic E-state index is 0.625. The zero-order chi connectivity index (χ0) is 8.27. The quantitative estimate of drug-likeness (QED) is 0.578. The molecule has 0 amide bonds. The average Bonchev–Trinajstić information content (AvgIpc) is 2.05. The molecule has 0 aromatic heterocycles. The van der Waals surface area contributed by atoms with Crippen LogP contribution >= 0.6 is 0 Å². The fourth-order valence-corrected chi connectivity index (χ4v) is 1.01. The second-order valence-electron chi connectivity index (χ2n) is 2.66. The van der Waals surface area contributed by atoms with Crippen molar-refractivity contribution in [1.29, 1.82) is 0 Å². The van der Waals surface area contributed by atoms with Gasteiger partial charge >= 0.3 is 0 Å². The Bertz CT molecular complexity index is 180. The molecule has 0 aromatic rings. The van der Waals surface area contributed by atoms with E-state index in [0.717, 1.165) is 12.0 Å². The van der Waals surface area contributed by atoms with Crippen LogP contribution in [0.3, 0.4) is 0 Å². The van der Waals surface area contributed by atoms with Gasteiger partial charge in [0.2, 0.25) is 6.43 Å². The topological polar surface area (TPSA) is 0 Å². The molecule has 0 bridgehead atoms. The van der Waals surface area contributed by atoms with Crippen molar-refractivity contribution in [3.63, 3.8) is 0 Å². The van der Waals surface area contributed by atoms with Gasteiger partial charge in [-0.05, 0) is 18.4 Å². The van der Waals surface area contributed by atoms with Crippen molar-refractivity contribution in [3.05, 3.63) is 30.2 Å². The molecule has 0 spiro atoms. The van der Waals surface area contributed by atoms with E-state index < -0.39 is 12.3 Å². The molecule has 11 heavy (non-hydrogen) atoms. The van der Waals surface area contributed by atoms with Crippen LogP contribution in [0, 0.1) is 12.3 Å². The highest BCUT2D eigenvalue weighted by atomic mass is 19.3. The van der Waals surface area contributed by atoms with Crippen molar-refractivity contribution in [3.8, 4) is 0 Å². The predicted molar refractivity (Wildman–Crippen MR) is 41.3 cm³/mol. The third kappa shape index (κ3) is 2.14. The Balaban J connectivity index is 2.59. The predicted octanol–water partition coefficient (Wildman–Crippen LogP) is 2.98. The maximum Gasteiger partial charge on any atom is 0.245 e. The summed E-state index contributed by atoms with van der Waals surface area (Å²) < 4.78 is 24.3. The Labute approximate surface area is 65.6 Å². The Morgan fingerprint density at radius 2 is 2.18 bits per heavy atom. The molecule has 0 saturated carbocycles. The van der Waals surface area contributed by atoms with E-state index in [9.17, 15) is 8.78 Å². The van der Waals surface area contributed by atoms with Crippen LogP contribution in [0.15, 0.2) is 23.8 Å². The second kappa shape index (κ2) is 3.65. The van der Waals surface area contributed by atoms with Gasteiger partial charge in [-0.3, -0.25) is 0 Å². The van der Waals surface area contributed by atoms with Gasteiger partial charge in [0.25, 0.3) is 0 Å². The maximum atomic E-state index is 12.1. The summed E-state index contributed by atoms with van der Waals surface area (Å²) in [4.78, 5) is 0. The second-order valence-corrected chi connectivity index (χ2v) is 2.66. The summed E-state index contributed by atoms with van der Waals surface area (Å²) in [5.74, 6) is -0.625. The van der Waals surface area contributed by atoms with Gasteiger partial charge in [0.1, 0.15) is 0 Å². The molecule has 0 heterocycles. The highest BCUT2D eigenvalue weighted by Crippen LogP contribution is 2.22. The van der Waals surface area contributed by atoms with Crippen LogP contribution in [0.2, 0.25) is 0 Å². The monoisotopic (exact) mass is 157 g/mol. The summed E-state index contributed by atoms with van der Waals surface area (Å²) in [7, 11) is 0. The zero-order valence-corrected chi connectivity index (χ0v) is 6.43. The van der Waals surface area contributed by atoms with E-state index in [1.54, 1.807) is 13.0 Å². The molecule has 0 nitrogen and oxygen atoms in total. The molecule has 1 radical (unpaired) electrons. The molecular formula is C9H11F2. The van der Waals surface area contributed by atoms with Crippen molar-refractivity contribution in [2.45, 2.75) is 19.8 Å². The first kappa shape index (κ1) is 8.44. The smallest absolute Gasteiger partial charge is 0.210 e. The summed E-state index contributed by atoms with van der Waals surface area (Å²) >= 11 is 0. The Morgan fingerprint density at radius 1 is 1.45 bits per heavy atom. The summed E-state index contributed by atoms with van der Waals surface area (Å²) in [6.07, 6.45) is 5.90. The lowest BCUT2D eigenvalue weighted by Gasteiger charge is -2.13. The number of hydrogen-bond acceptors (Lipinski definition) is 0. The van der Waals surface area contributed by atoms with E-state index in [1.165, 1.54) is 0 Å². The molecule has 0 saturated heterocycles. The minimum atomic E-state index is -2.25. The number of allylic oxidation sites excluding steroid dienone is 4. The lowest BCUT2D eigenvalue weighted by molar-refractivity contribution is 0.105. The standard InChI is InChI=1S/C9H11F2/c1-7(9(10)11)8-5-3-2-4-6-8/h2-3,5-7,9H,4H2,1H3/t7-/m1/s1. The molecule has 0 N–H and O–H groups in total. The zero-order valence-electron chi connectivity index (χ0n) is 6.43. The fourth-order valence-electron chi connectivity index (χ4n) is 1.01. The van der Waals surface area contributed by atoms with Gasteiger partial charge in [-0.1, -0.05) is 25.2 Å². The Morgan fingerprint density at radius 3 is 2.64 bits per heavy atom. The summed E-state index contributed by atoms with van der Waals surface area (Å²) in [6.45, 7) is 1.55. The van der Waals surface area contributed by atoms with E-state index in [4.69, 9.17) is 0 Å². The van der Waals surface area contributed by atoms with E-state index in [-0.39, 0.29) is 0 Å². The number of halogens is 2. The first-order valence-electron chi connectivity index (χ1n) is 3.70. The third-order valence-electron chi connectivity index (χ3n) is 1.82. The van der Waals surface area contributed by atoms with Gasteiger partial charge in [-0.2, -0.15) is 0 Å². The lowest BCUT2D eigenvalue weighted by Crippen LogP contribution is -2.09. The van der Waals surface area contributed by atoms with Gasteiger partial charge < -0.3 is 0 Å². The van der Waals surface area contributed by atoms with Gasteiger partial charge in [-0.25, -0.2) is 8.78 Å². The van der Waals surface area contributed by atoms with Crippen LogP contribution in [-0.4, -0.2) is 6.43 Å². The summed E-state index contributed by atoms with van der Waals surface area (Å²) in [5, 5.41) is 0. The summed E-state index contributed by atoms with van der Waals surface area (Å²) in [5.41, 5.74) is 0.752. The first-order chi connectivity index (χ1) is 5.22. The van der Waals surface area contributed by atoms with Crippen LogP contribution in [0.25, 0.3) is 0 Å². The number of rotatable bonds is 2. The van der Waals surface area contributed by atoms with E-state index >= 15 is 0 Å². The van der Waals surface area contributed by atoms with Crippen molar-refractivity contribution in [1.82, 2.24) is 0 Å². The van der Waals surface area contributed by atoms with Crippen LogP contribution < -0.4 is 0 Å². The third-order valence-corrected chi connectivity index (χ3v) is 1.82. The van der Waals surface area contributed by atoms with Gasteiger partial charge in [0.05, 0.1) is 0 Å². The number of hydrogen-bond donors (Lipinski definition) is 0. The SMILES string of the molecule is C[C@H](C1=CC[CH]C=C1)C(F)F. The van der Waals surface area contributed by atoms with E-state index in [2.05, 4.69) is 0 Å². The van der Waals surface area contributed by atoms with Gasteiger partial charge in [0, 0.05) is 5.92 Å². The molecule has 0 fully saturated rings. The van der Waals surface area contributed by atoms with Crippen molar-refractivity contribution >= 4 is 0 Å². The molecule has 0 aromatic carbocycles. The highest BCUT2D eigenvalue weighted by molar-refractivity contribution is 5.28. The molecule has 1 atom stereocenters. The molecular weight excluding hydrogens is 146 g/mol. The Hall–Kier alpha value is -0.660. The molecule has 0 aliphatic heterocycles. The maximum absolute atomic E-state index is 12.1. The van der Waals surface area contributed by atoms with E-state index in [0.29, 0.717) is 0 Å². The highest BCUT2D eigenvalue weighted by Gasteiger charge is 2.17. The normalized spacial score (nSPS) is 20.2. The van der Waals surface area contributed by atoms with Gasteiger partial charge in [-0.15, -0.1) is 0 Å². The molecule has 1 aliphatic carbocycles. The average molecular weight is 157 g/mol. The lowest BCUT2D eigenvalue weighted by atomic mass is 9.96. The van der Waals surface area contributed by atoms with Crippen molar-refractivity contribution in [2.24, 2.45) is 5.92 Å². The van der Waals surface area contributed by atoms with Crippen LogP contribution in [0.5, 0.6) is 0 Å². The first-order valence-corrected chi connectivity index (χ1v) is 3.70. The fraction of sp³-hybridized carbons (Fsp3) is 0.444. The minimum Gasteiger partial charge on any atom is -0.210 e. The van der Waals surface area contributed by atoms with E-state index in [1.807, 2.05) is 18.6 Å². The van der Waals surface area contributed by atoms with Crippen LogP contribution in [-0.2, 0) is 0 Å². The molecule has 61 valence electrons. The van der Waals surface area contributed by atoms with Crippen LogP contribution in [0.4, 0.5) is 8.78 Å². The Kier molecular flexibility index (Phi) is 2.80. The number of alkyl halides is 2. The molecule has 1 rings (SSSR count). The largest absolute Gasteiger partial charge is 0.245 e. The van der Waals surface area contributed by atoms with Crippen molar-refractivity contribution < 1.29 is 8.78 Å². The molecule has 2 heteroatoms. The molecule has 0 unspecified atom stereocenters. The summed E-state index contributed by atoms with van der Waals surface area (Å²) in [6, 6.07) is 0. The van der Waals surface area contributed by atoms with Crippen molar-refractivity contribution in [2.75, 3.05) is 0 Å². The van der Waals surface area contributed by atoms with Gasteiger partial charge in [0.15, 0.2) is 0 Å². The molecule has 1 aliphatic rings. The van der Waals surface area contributed by atoms with Crippen LogP contribution in [0.1, 0.15) is 13.3 Å².